The van der Waals surface area contributed by atoms with Gasteiger partial charge in [-0.15, -0.1) is 0 Å². The molecule has 5 heteroatoms. The SMILES string of the molecule is CC(C)(C)OC(=O)N1CC2=NCCC21C#N. The number of rotatable bonds is 0. The zero-order valence-electron chi connectivity index (χ0n) is 9.78. The molecule has 0 aliphatic carbocycles. The van der Waals surface area contributed by atoms with Crippen molar-refractivity contribution in [3.63, 3.8) is 0 Å². The van der Waals surface area contributed by atoms with E-state index in [2.05, 4.69) is 11.1 Å². The first kappa shape index (κ1) is 10.9. The molecule has 0 spiro atoms. The van der Waals surface area contributed by atoms with Gasteiger partial charge in [0, 0.05) is 13.0 Å². The van der Waals surface area contributed by atoms with Gasteiger partial charge in [0.05, 0.1) is 18.3 Å². The van der Waals surface area contributed by atoms with Crippen molar-refractivity contribution in [3.05, 3.63) is 0 Å². The van der Waals surface area contributed by atoms with E-state index in [1.54, 1.807) is 0 Å². The summed E-state index contributed by atoms with van der Waals surface area (Å²) in [5.74, 6) is 0. The third-order valence-corrected chi connectivity index (χ3v) is 2.82. The minimum atomic E-state index is -0.803. The quantitative estimate of drug-likeness (QED) is 0.620. The summed E-state index contributed by atoms with van der Waals surface area (Å²) in [6.45, 7) is 6.50. The van der Waals surface area contributed by atoms with Crippen molar-refractivity contribution in [2.24, 2.45) is 4.99 Å². The van der Waals surface area contributed by atoms with Crippen LogP contribution in [-0.4, -0.2) is 40.9 Å². The van der Waals surface area contributed by atoms with Crippen molar-refractivity contribution in [2.45, 2.75) is 38.3 Å². The molecule has 1 fully saturated rings. The highest BCUT2D eigenvalue weighted by Crippen LogP contribution is 2.36. The minimum Gasteiger partial charge on any atom is -0.444 e. The Hall–Kier alpha value is -1.57. The van der Waals surface area contributed by atoms with Crippen molar-refractivity contribution in [1.82, 2.24) is 4.90 Å². The molecule has 2 rings (SSSR count). The first-order chi connectivity index (χ1) is 7.39. The summed E-state index contributed by atoms with van der Waals surface area (Å²) in [5, 5.41) is 9.18. The van der Waals surface area contributed by atoms with Gasteiger partial charge < -0.3 is 4.74 Å². The predicted molar refractivity (Wildman–Crippen MR) is 58.2 cm³/mol. The number of ether oxygens (including phenoxy) is 1. The van der Waals surface area contributed by atoms with Crippen LogP contribution in [0, 0.1) is 11.3 Å². The fourth-order valence-electron chi connectivity index (χ4n) is 2.01. The number of hydrogen-bond donors (Lipinski definition) is 0. The Labute approximate surface area is 94.7 Å². The van der Waals surface area contributed by atoms with Crippen LogP contribution >= 0.6 is 0 Å². The Morgan fingerprint density at radius 1 is 1.62 bits per heavy atom. The molecule has 0 radical (unpaired) electrons. The molecule has 0 aromatic heterocycles. The second-order valence-corrected chi connectivity index (χ2v) is 5.12. The van der Waals surface area contributed by atoms with Crippen LogP contribution in [0.5, 0.6) is 0 Å². The molecule has 0 N–H and O–H groups in total. The van der Waals surface area contributed by atoms with Crippen LogP contribution in [0.15, 0.2) is 4.99 Å². The normalized spacial score (nSPS) is 27.6. The molecular weight excluding hydrogens is 206 g/mol. The van der Waals surface area contributed by atoms with Gasteiger partial charge in [0.15, 0.2) is 5.54 Å². The molecule has 2 aliphatic rings. The molecule has 5 nitrogen and oxygen atoms in total. The Kier molecular flexibility index (Phi) is 2.19. The first-order valence-electron chi connectivity index (χ1n) is 5.35. The first-order valence-corrected chi connectivity index (χ1v) is 5.35. The molecule has 16 heavy (non-hydrogen) atoms. The average Bonchev–Trinajstić information content (AvgIpc) is 2.41. The van der Waals surface area contributed by atoms with Gasteiger partial charge in [0.1, 0.15) is 5.60 Å². The molecule has 0 saturated carbocycles. The average molecular weight is 221 g/mol. The smallest absolute Gasteiger partial charge is 0.412 e. The van der Waals surface area contributed by atoms with Crippen LogP contribution in [0.2, 0.25) is 0 Å². The van der Waals surface area contributed by atoms with Gasteiger partial charge in [-0.3, -0.25) is 9.89 Å². The van der Waals surface area contributed by atoms with Crippen molar-refractivity contribution in [3.8, 4) is 6.07 Å². The molecule has 1 atom stereocenters. The standard InChI is InChI=1S/C11H15N3O2/c1-10(2,3)16-9(15)14-6-8-11(14,7-12)4-5-13-8/h4-6H2,1-3H3. The maximum atomic E-state index is 11.8. The largest absolute Gasteiger partial charge is 0.444 e. The molecule has 86 valence electrons. The minimum absolute atomic E-state index is 0.421. The number of carbonyl (C=O) groups is 1. The summed E-state index contributed by atoms with van der Waals surface area (Å²) < 4.78 is 5.26. The van der Waals surface area contributed by atoms with Gasteiger partial charge in [-0.1, -0.05) is 0 Å². The number of nitriles is 1. The summed E-state index contributed by atoms with van der Waals surface area (Å²) in [5.41, 5.74) is -0.512. The molecule has 1 saturated heterocycles. The number of aliphatic imine (C=N–C) groups is 1. The van der Waals surface area contributed by atoms with Crippen LogP contribution in [-0.2, 0) is 4.74 Å². The van der Waals surface area contributed by atoms with Gasteiger partial charge in [0.2, 0.25) is 0 Å². The Bertz CT molecular complexity index is 402. The molecule has 1 amide bonds. The van der Waals surface area contributed by atoms with Crippen LogP contribution in [0.25, 0.3) is 0 Å². The van der Waals surface area contributed by atoms with Crippen molar-refractivity contribution < 1.29 is 9.53 Å². The third kappa shape index (κ3) is 1.45. The third-order valence-electron chi connectivity index (χ3n) is 2.82. The summed E-state index contributed by atoms with van der Waals surface area (Å²) >= 11 is 0. The molecule has 0 aromatic carbocycles. The van der Waals surface area contributed by atoms with Crippen LogP contribution in [0.1, 0.15) is 27.2 Å². The van der Waals surface area contributed by atoms with Crippen LogP contribution < -0.4 is 0 Å². The van der Waals surface area contributed by atoms with E-state index < -0.39 is 17.2 Å². The summed E-state index contributed by atoms with van der Waals surface area (Å²) in [7, 11) is 0. The van der Waals surface area contributed by atoms with Gasteiger partial charge in [0.25, 0.3) is 0 Å². The maximum absolute atomic E-state index is 11.8. The molecular formula is C11H15N3O2. The molecule has 0 bridgehead atoms. The molecule has 1 unspecified atom stereocenters. The predicted octanol–water partition coefficient (Wildman–Crippen LogP) is 1.34. The Balaban J connectivity index is 2.12. The molecule has 2 heterocycles. The number of fused-ring (bicyclic) bond motifs is 1. The summed E-state index contributed by atoms with van der Waals surface area (Å²) in [6.07, 6.45) is 0.174. The van der Waals surface area contributed by atoms with E-state index in [1.165, 1.54) is 4.90 Å². The van der Waals surface area contributed by atoms with E-state index in [4.69, 9.17) is 4.74 Å². The lowest BCUT2D eigenvalue weighted by Gasteiger charge is -2.45. The van der Waals surface area contributed by atoms with Crippen molar-refractivity contribution >= 4 is 11.8 Å². The summed E-state index contributed by atoms with van der Waals surface area (Å²) in [4.78, 5) is 17.5. The topological polar surface area (TPSA) is 65.7 Å². The van der Waals surface area contributed by atoms with Gasteiger partial charge in [-0.2, -0.15) is 5.26 Å². The number of amides is 1. The lowest BCUT2D eigenvalue weighted by Crippen LogP contribution is -2.68. The number of nitrogens with zero attached hydrogens (tertiary/aromatic N) is 3. The maximum Gasteiger partial charge on any atom is 0.412 e. The van der Waals surface area contributed by atoms with E-state index in [9.17, 15) is 10.1 Å². The van der Waals surface area contributed by atoms with Crippen molar-refractivity contribution in [2.75, 3.05) is 13.1 Å². The zero-order valence-corrected chi connectivity index (χ0v) is 9.78. The monoisotopic (exact) mass is 221 g/mol. The Morgan fingerprint density at radius 2 is 2.31 bits per heavy atom. The summed E-state index contributed by atoms with van der Waals surface area (Å²) in [6, 6.07) is 2.19. The molecule has 2 aliphatic heterocycles. The number of hydrogen-bond acceptors (Lipinski definition) is 4. The Morgan fingerprint density at radius 3 is 2.81 bits per heavy atom. The van der Waals surface area contributed by atoms with E-state index >= 15 is 0 Å². The van der Waals surface area contributed by atoms with E-state index in [1.807, 2.05) is 20.8 Å². The van der Waals surface area contributed by atoms with Gasteiger partial charge in [-0.25, -0.2) is 4.79 Å². The number of carbonyl (C=O) groups excluding carboxylic acids is 1. The fraction of sp³-hybridized carbons (Fsp3) is 0.727. The second-order valence-electron chi connectivity index (χ2n) is 5.12. The zero-order chi connectivity index (χ0) is 12.0. The van der Waals surface area contributed by atoms with E-state index in [0.29, 0.717) is 19.5 Å². The highest BCUT2D eigenvalue weighted by Gasteiger charge is 2.57. The highest BCUT2D eigenvalue weighted by molar-refractivity contribution is 6.08. The second kappa shape index (κ2) is 3.21. The lowest BCUT2D eigenvalue weighted by atomic mass is 9.83. The van der Waals surface area contributed by atoms with Crippen LogP contribution in [0.3, 0.4) is 0 Å². The lowest BCUT2D eigenvalue weighted by molar-refractivity contribution is 0.0109. The fourth-order valence-corrected chi connectivity index (χ4v) is 2.01. The van der Waals surface area contributed by atoms with Crippen LogP contribution in [0.4, 0.5) is 4.79 Å². The van der Waals surface area contributed by atoms with Crippen molar-refractivity contribution in [1.29, 1.82) is 5.26 Å². The highest BCUT2D eigenvalue weighted by atomic mass is 16.6. The molecule has 0 aromatic rings. The van der Waals surface area contributed by atoms with E-state index in [0.717, 1.165) is 5.71 Å². The van der Waals surface area contributed by atoms with E-state index in [-0.39, 0.29) is 0 Å². The van der Waals surface area contributed by atoms with Gasteiger partial charge >= 0.3 is 6.09 Å². The van der Waals surface area contributed by atoms with Gasteiger partial charge in [-0.05, 0) is 20.8 Å². The number of likely N-dealkylation sites (tertiary alicyclic amines) is 1.